The van der Waals surface area contributed by atoms with Crippen molar-refractivity contribution < 1.29 is 10.2 Å². The molecule has 1 heterocycles. The van der Waals surface area contributed by atoms with Gasteiger partial charge in [0.05, 0.1) is 0 Å². The van der Waals surface area contributed by atoms with Crippen LogP contribution in [0.15, 0.2) is 53.6 Å². The monoisotopic (exact) mass is 377 g/mol. The number of phenols is 2. The molecule has 0 fully saturated rings. The Morgan fingerprint density at radius 1 is 1.04 bits per heavy atom. The fourth-order valence-corrected chi connectivity index (χ4v) is 3.64. The Morgan fingerprint density at radius 3 is 2.56 bits per heavy atom. The van der Waals surface area contributed by atoms with Gasteiger partial charge in [0.2, 0.25) is 0 Å². The molecular weight excluding hydrogens is 358 g/mol. The van der Waals surface area contributed by atoms with Gasteiger partial charge in [0, 0.05) is 11.1 Å². The molecule has 0 atom stereocenters. The molecule has 5 nitrogen and oxygen atoms in total. The molecule has 0 radical (unpaired) electrons. The lowest BCUT2D eigenvalue weighted by atomic mass is 10.0. The molecule has 0 spiro atoms. The third kappa shape index (κ3) is 2.73. The van der Waals surface area contributed by atoms with Crippen molar-refractivity contribution in [2.45, 2.75) is 25.3 Å². The maximum absolute atomic E-state index is 10.7. The van der Waals surface area contributed by atoms with Gasteiger partial charge in [-0.15, -0.1) is 17.7 Å². The Labute approximate surface area is 162 Å². The average Bonchev–Trinajstić information content (AvgIpc) is 3.07. The number of fused-ring (bicyclic) bond motifs is 1. The zero-order valence-electron chi connectivity index (χ0n) is 15.0. The fourth-order valence-electron chi connectivity index (χ4n) is 3.39. The second-order valence-corrected chi connectivity index (χ2v) is 6.85. The molecule has 27 heavy (non-hydrogen) atoms. The third-order valence-electron chi connectivity index (χ3n) is 4.87. The first-order valence-electron chi connectivity index (χ1n) is 8.70. The summed E-state index contributed by atoms with van der Waals surface area (Å²) < 4.78 is 1.59. The Bertz CT molecular complexity index is 1160. The minimum atomic E-state index is -0.0237. The van der Waals surface area contributed by atoms with Crippen LogP contribution >= 0.6 is 12.6 Å². The third-order valence-corrected chi connectivity index (χ3v) is 5.18. The Hall–Kier alpha value is -2.99. The molecule has 136 valence electrons. The van der Waals surface area contributed by atoms with Crippen LogP contribution in [-0.4, -0.2) is 25.2 Å². The van der Waals surface area contributed by atoms with Crippen LogP contribution in [0.2, 0.25) is 0 Å². The van der Waals surface area contributed by atoms with E-state index < -0.39 is 0 Å². The number of hydrogen-bond donors (Lipinski definition) is 3. The summed E-state index contributed by atoms with van der Waals surface area (Å²) in [6.45, 7) is 3.63. The highest BCUT2D eigenvalue weighted by Crippen LogP contribution is 2.39. The van der Waals surface area contributed by atoms with E-state index in [2.05, 4.69) is 22.9 Å². The van der Waals surface area contributed by atoms with E-state index >= 15 is 0 Å². The highest BCUT2D eigenvalue weighted by molar-refractivity contribution is 7.80. The minimum Gasteiger partial charge on any atom is -0.507 e. The van der Waals surface area contributed by atoms with Crippen molar-refractivity contribution in [1.29, 1.82) is 0 Å². The number of aryl methyl sites for hydroxylation is 1. The summed E-state index contributed by atoms with van der Waals surface area (Å²) in [7, 11) is 0. The summed E-state index contributed by atoms with van der Waals surface area (Å²) in [5.74, 6) is 0.0843. The van der Waals surface area contributed by atoms with Crippen molar-refractivity contribution >= 4 is 23.4 Å². The van der Waals surface area contributed by atoms with Crippen molar-refractivity contribution in [3.63, 3.8) is 0 Å². The molecule has 3 aromatic carbocycles. The number of aromatic nitrogens is 3. The lowest BCUT2D eigenvalue weighted by Gasteiger charge is -2.15. The molecule has 4 aromatic rings. The average molecular weight is 377 g/mol. The molecule has 4 rings (SSSR count). The topological polar surface area (TPSA) is 71.2 Å². The summed E-state index contributed by atoms with van der Waals surface area (Å²) in [6, 6.07) is 15.8. The first-order valence-corrected chi connectivity index (χ1v) is 9.15. The number of phenolic OH excluding ortho intramolecular Hbond substituents is 2. The molecule has 0 aliphatic rings. The largest absolute Gasteiger partial charge is 0.507 e. The minimum absolute atomic E-state index is 0.0237. The lowest BCUT2D eigenvalue weighted by molar-refractivity contribution is 0.436. The van der Waals surface area contributed by atoms with E-state index in [0.29, 0.717) is 28.4 Å². The molecule has 0 unspecified atom stereocenters. The number of benzene rings is 3. The summed E-state index contributed by atoms with van der Waals surface area (Å²) in [4.78, 5) is 0. The molecular formula is C21H19N3O2S. The van der Waals surface area contributed by atoms with Gasteiger partial charge in [-0.1, -0.05) is 54.6 Å². The molecule has 1 aromatic heterocycles. The van der Waals surface area contributed by atoms with Crippen LogP contribution in [0.1, 0.15) is 18.1 Å². The van der Waals surface area contributed by atoms with Crippen LogP contribution in [0.25, 0.3) is 27.7 Å². The van der Waals surface area contributed by atoms with Crippen LogP contribution in [0.4, 0.5) is 0 Å². The zero-order valence-corrected chi connectivity index (χ0v) is 15.9. The number of rotatable bonds is 3. The molecule has 0 aliphatic carbocycles. The van der Waals surface area contributed by atoms with Crippen LogP contribution in [-0.2, 0) is 6.42 Å². The van der Waals surface area contributed by atoms with E-state index in [0.717, 1.165) is 21.9 Å². The lowest BCUT2D eigenvalue weighted by Crippen LogP contribution is -2.03. The van der Waals surface area contributed by atoms with Gasteiger partial charge in [-0.05, 0) is 35.7 Å². The maximum atomic E-state index is 10.7. The van der Waals surface area contributed by atoms with Gasteiger partial charge < -0.3 is 10.2 Å². The van der Waals surface area contributed by atoms with Crippen molar-refractivity contribution in [3.05, 3.63) is 59.7 Å². The number of aromatic hydroxyl groups is 2. The van der Waals surface area contributed by atoms with E-state index in [-0.39, 0.29) is 11.5 Å². The summed E-state index contributed by atoms with van der Waals surface area (Å²) in [5, 5.41) is 31.9. The van der Waals surface area contributed by atoms with Crippen molar-refractivity contribution in [2.24, 2.45) is 0 Å². The first kappa shape index (κ1) is 17.4. The van der Waals surface area contributed by atoms with Crippen molar-refractivity contribution in [3.8, 4) is 28.4 Å². The predicted molar refractivity (Wildman–Crippen MR) is 109 cm³/mol. The standard InChI is InChI=1S/C21H19N3O2S/c1-3-13-11-17(20(26)12(2)19(13)25)24-18(21(27)22-23-24)16-10-6-8-14-7-4-5-9-15(14)16/h4-11,25-27H,3H2,1-2H3. The van der Waals surface area contributed by atoms with Crippen LogP contribution in [0.5, 0.6) is 11.5 Å². The van der Waals surface area contributed by atoms with E-state index in [1.807, 2.05) is 49.4 Å². The van der Waals surface area contributed by atoms with Gasteiger partial charge in [0.15, 0.2) is 0 Å². The van der Waals surface area contributed by atoms with E-state index in [1.165, 1.54) is 0 Å². The summed E-state index contributed by atoms with van der Waals surface area (Å²) in [6.07, 6.45) is 0.631. The smallest absolute Gasteiger partial charge is 0.147 e. The summed E-state index contributed by atoms with van der Waals surface area (Å²) >= 11 is 4.51. The van der Waals surface area contributed by atoms with E-state index in [4.69, 9.17) is 0 Å². The van der Waals surface area contributed by atoms with E-state index in [9.17, 15) is 10.2 Å². The van der Waals surface area contributed by atoms with Gasteiger partial charge in [-0.2, -0.15) is 0 Å². The summed E-state index contributed by atoms with van der Waals surface area (Å²) in [5.41, 5.74) is 3.24. The molecule has 0 amide bonds. The second kappa shape index (κ2) is 6.63. The molecule has 0 aliphatic heterocycles. The number of nitrogens with zero attached hydrogens (tertiary/aromatic N) is 3. The van der Waals surface area contributed by atoms with E-state index in [1.54, 1.807) is 17.7 Å². The molecule has 6 heteroatoms. The molecule has 0 saturated carbocycles. The quantitative estimate of drug-likeness (QED) is 0.454. The second-order valence-electron chi connectivity index (χ2n) is 6.43. The maximum Gasteiger partial charge on any atom is 0.147 e. The van der Waals surface area contributed by atoms with Crippen LogP contribution in [0, 0.1) is 6.92 Å². The normalized spacial score (nSPS) is 11.2. The first-order chi connectivity index (χ1) is 13.0. The predicted octanol–water partition coefficient (Wildman–Crippen LogP) is 4.66. The molecule has 0 saturated heterocycles. The fraction of sp³-hybridized carbons (Fsp3) is 0.143. The van der Waals surface area contributed by atoms with Gasteiger partial charge >= 0.3 is 0 Å². The molecule has 0 bridgehead atoms. The van der Waals surface area contributed by atoms with Crippen LogP contribution in [0.3, 0.4) is 0 Å². The highest BCUT2D eigenvalue weighted by atomic mass is 32.1. The Balaban J connectivity index is 2.03. The number of hydrogen-bond acceptors (Lipinski definition) is 5. The zero-order chi connectivity index (χ0) is 19.1. The Morgan fingerprint density at radius 2 is 1.78 bits per heavy atom. The van der Waals surface area contributed by atoms with Gasteiger partial charge in [-0.3, -0.25) is 0 Å². The van der Waals surface area contributed by atoms with Crippen LogP contribution < -0.4 is 0 Å². The van der Waals surface area contributed by atoms with Gasteiger partial charge in [0.1, 0.15) is 27.9 Å². The van der Waals surface area contributed by atoms with Gasteiger partial charge in [0.25, 0.3) is 0 Å². The van der Waals surface area contributed by atoms with Crippen molar-refractivity contribution in [1.82, 2.24) is 15.0 Å². The van der Waals surface area contributed by atoms with Gasteiger partial charge in [-0.25, -0.2) is 4.68 Å². The Kier molecular flexibility index (Phi) is 4.28. The highest BCUT2D eigenvalue weighted by Gasteiger charge is 2.21. The molecule has 2 N–H and O–H groups in total. The SMILES string of the molecule is CCc1cc(-n2nnc(S)c2-c2cccc3ccccc23)c(O)c(C)c1O. The number of thiol groups is 1. The van der Waals surface area contributed by atoms with Crippen molar-refractivity contribution in [2.75, 3.05) is 0 Å².